The highest BCUT2D eigenvalue weighted by molar-refractivity contribution is 7.17. The summed E-state index contributed by atoms with van der Waals surface area (Å²) in [4.78, 5) is 30.1. The topological polar surface area (TPSA) is 89.4 Å². The van der Waals surface area contributed by atoms with Crippen LogP contribution in [0.4, 0.5) is 0 Å². The van der Waals surface area contributed by atoms with E-state index >= 15 is 0 Å². The van der Waals surface area contributed by atoms with Crippen molar-refractivity contribution >= 4 is 55.0 Å². The van der Waals surface area contributed by atoms with Crippen molar-refractivity contribution in [2.75, 3.05) is 6.61 Å². The first-order valence-corrected chi connectivity index (χ1v) is 9.41. The second kappa shape index (κ2) is 8.03. The molecule has 4 aromatic rings. The smallest absolute Gasteiger partial charge is 0.338 e. The van der Waals surface area contributed by atoms with E-state index in [1.165, 1.54) is 11.3 Å². The summed E-state index contributed by atoms with van der Waals surface area (Å²) in [5.74, 6) is -1.20. The van der Waals surface area contributed by atoms with Crippen LogP contribution in [0.2, 0.25) is 0 Å². The summed E-state index contributed by atoms with van der Waals surface area (Å²) in [5, 5.41) is 8.66. The van der Waals surface area contributed by atoms with Gasteiger partial charge in [0, 0.05) is 0 Å². The maximum atomic E-state index is 11.4. The number of fused-ring (bicyclic) bond motifs is 2. The summed E-state index contributed by atoms with van der Waals surface area (Å²) in [7, 11) is 0. The number of carboxylic acids is 1. The molecule has 0 unspecified atom stereocenters. The standard InChI is InChI=1S/C10H9NO2S.C8H5NO2S/c1-2-13-10(12)7-3-4-9-8(5-7)11-6-14-9;10-8(11)5-1-2-7-6(3-5)9-4-12-7/h3-6H,2H2,1H3;1-4H,(H,10,11). The van der Waals surface area contributed by atoms with Crippen molar-refractivity contribution in [2.24, 2.45) is 0 Å². The number of carbonyl (C=O) groups is 2. The first kappa shape index (κ1) is 18.0. The van der Waals surface area contributed by atoms with E-state index in [0.717, 1.165) is 20.4 Å². The first-order chi connectivity index (χ1) is 12.6. The predicted octanol–water partition coefficient (Wildman–Crippen LogP) is 4.47. The fourth-order valence-electron chi connectivity index (χ4n) is 2.19. The lowest BCUT2D eigenvalue weighted by Gasteiger charge is -2.00. The van der Waals surface area contributed by atoms with Gasteiger partial charge in [-0.2, -0.15) is 0 Å². The lowest BCUT2D eigenvalue weighted by atomic mass is 10.2. The molecule has 2 heterocycles. The fourth-order valence-corrected chi connectivity index (χ4v) is 3.51. The maximum absolute atomic E-state index is 11.4. The fraction of sp³-hybridized carbons (Fsp3) is 0.111. The third-order valence-corrected chi connectivity index (χ3v) is 5.04. The van der Waals surface area contributed by atoms with E-state index in [9.17, 15) is 9.59 Å². The van der Waals surface area contributed by atoms with Gasteiger partial charge in [-0.25, -0.2) is 19.6 Å². The van der Waals surface area contributed by atoms with Crippen LogP contribution >= 0.6 is 22.7 Å². The Hall–Kier alpha value is -2.84. The molecule has 0 spiro atoms. The Bertz CT molecular complexity index is 1070. The number of benzene rings is 2. The first-order valence-electron chi connectivity index (χ1n) is 7.65. The number of ether oxygens (including phenoxy) is 1. The monoisotopic (exact) mass is 386 g/mol. The number of thiazole rings is 2. The molecule has 0 saturated carbocycles. The Labute approximate surface area is 156 Å². The molecule has 0 saturated heterocycles. The van der Waals surface area contributed by atoms with Crippen molar-refractivity contribution in [3.05, 3.63) is 58.5 Å². The highest BCUT2D eigenvalue weighted by Gasteiger charge is 2.07. The van der Waals surface area contributed by atoms with Crippen LogP contribution < -0.4 is 0 Å². The molecule has 26 heavy (non-hydrogen) atoms. The van der Waals surface area contributed by atoms with Gasteiger partial charge in [-0.1, -0.05) is 0 Å². The van der Waals surface area contributed by atoms with Crippen LogP contribution in [0.25, 0.3) is 20.4 Å². The molecule has 0 aliphatic heterocycles. The molecule has 1 N–H and O–H groups in total. The molecular weight excluding hydrogens is 372 g/mol. The highest BCUT2D eigenvalue weighted by atomic mass is 32.1. The second-order valence-corrected chi connectivity index (χ2v) is 6.87. The largest absolute Gasteiger partial charge is 0.478 e. The summed E-state index contributed by atoms with van der Waals surface area (Å²) in [6.07, 6.45) is 0. The molecule has 0 radical (unpaired) electrons. The van der Waals surface area contributed by atoms with Gasteiger partial charge in [0.2, 0.25) is 0 Å². The number of nitrogens with zero attached hydrogens (tertiary/aromatic N) is 2. The molecule has 0 amide bonds. The minimum absolute atomic E-state index is 0.286. The van der Waals surface area contributed by atoms with Crippen LogP contribution in [-0.4, -0.2) is 33.6 Å². The van der Waals surface area contributed by atoms with Gasteiger partial charge in [-0.05, 0) is 43.3 Å². The summed E-state index contributed by atoms with van der Waals surface area (Å²) in [5.41, 5.74) is 5.91. The number of hydrogen-bond acceptors (Lipinski definition) is 7. The number of aromatic nitrogens is 2. The van der Waals surface area contributed by atoms with Gasteiger partial charge >= 0.3 is 11.9 Å². The minimum Gasteiger partial charge on any atom is -0.478 e. The van der Waals surface area contributed by atoms with Gasteiger partial charge < -0.3 is 9.84 Å². The number of carbonyl (C=O) groups excluding carboxylic acids is 1. The van der Waals surface area contributed by atoms with Crippen molar-refractivity contribution in [1.29, 1.82) is 0 Å². The van der Waals surface area contributed by atoms with E-state index in [0.29, 0.717) is 12.2 Å². The summed E-state index contributed by atoms with van der Waals surface area (Å²) >= 11 is 3.06. The van der Waals surface area contributed by atoms with Gasteiger partial charge in [0.05, 0.1) is 49.2 Å². The van der Waals surface area contributed by atoms with Crippen LogP contribution in [0.3, 0.4) is 0 Å². The number of rotatable bonds is 3. The zero-order valence-electron chi connectivity index (χ0n) is 13.7. The van der Waals surface area contributed by atoms with Gasteiger partial charge in [-0.3, -0.25) is 0 Å². The zero-order chi connectivity index (χ0) is 18.5. The normalized spacial score (nSPS) is 10.3. The second-order valence-electron chi connectivity index (χ2n) is 5.10. The van der Waals surface area contributed by atoms with E-state index in [2.05, 4.69) is 9.97 Å². The average molecular weight is 386 g/mol. The molecule has 2 aromatic heterocycles. The molecule has 0 aliphatic rings. The quantitative estimate of drug-likeness (QED) is 0.523. The number of aromatic carboxylic acids is 1. The van der Waals surface area contributed by atoms with Crippen molar-refractivity contribution in [3.63, 3.8) is 0 Å². The van der Waals surface area contributed by atoms with Crippen molar-refractivity contribution in [2.45, 2.75) is 6.92 Å². The van der Waals surface area contributed by atoms with Crippen LogP contribution in [-0.2, 0) is 4.74 Å². The van der Waals surface area contributed by atoms with Crippen LogP contribution in [0.1, 0.15) is 27.6 Å². The third-order valence-electron chi connectivity index (χ3n) is 3.42. The third kappa shape index (κ3) is 4.04. The summed E-state index contributed by atoms with van der Waals surface area (Å²) in [6.45, 7) is 2.19. The molecular formula is C18H14N2O4S2. The molecule has 0 atom stereocenters. The summed E-state index contributed by atoms with van der Waals surface area (Å²) in [6, 6.07) is 10.3. The van der Waals surface area contributed by atoms with Crippen molar-refractivity contribution in [3.8, 4) is 0 Å². The average Bonchev–Trinajstić information content (AvgIpc) is 3.30. The Balaban J connectivity index is 0.000000152. The minimum atomic E-state index is -0.912. The molecule has 132 valence electrons. The highest BCUT2D eigenvalue weighted by Crippen LogP contribution is 2.19. The van der Waals surface area contributed by atoms with Crippen molar-refractivity contribution in [1.82, 2.24) is 9.97 Å². The number of hydrogen-bond donors (Lipinski definition) is 1. The Morgan fingerprint density at radius 2 is 1.50 bits per heavy atom. The van der Waals surface area contributed by atoms with Crippen LogP contribution in [0.5, 0.6) is 0 Å². The van der Waals surface area contributed by atoms with Gasteiger partial charge in [0.15, 0.2) is 0 Å². The van der Waals surface area contributed by atoms with Gasteiger partial charge in [-0.15, -0.1) is 22.7 Å². The molecule has 0 aliphatic carbocycles. The lowest BCUT2D eigenvalue weighted by molar-refractivity contribution is 0.0526. The van der Waals surface area contributed by atoms with E-state index < -0.39 is 5.97 Å². The lowest BCUT2D eigenvalue weighted by Crippen LogP contribution is -2.03. The zero-order valence-corrected chi connectivity index (χ0v) is 15.3. The van der Waals surface area contributed by atoms with Crippen LogP contribution in [0, 0.1) is 0 Å². The molecule has 8 heteroatoms. The number of esters is 1. The van der Waals surface area contributed by atoms with E-state index in [4.69, 9.17) is 9.84 Å². The van der Waals surface area contributed by atoms with E-state index in [1.54, 1.807) is 59.6 Å². The van der Waals surface area contributed by atoms with Gasteiger partial charge in [0.25, 0.3) is 0 Å². The number of carboxylic acid groups (broad SMARTS) is 1. The molecule has 2 aromatic carbocycles. The molecule has 0 fully saturated rings. The summed E-state index contributed by atoms with van der Waals surface area (Å²) < 4.78 is 6.99. The molecule has 6 nitrogen and oxygen atoms in total. The van der Waals surface area contributed by atoms with Crippen molar-refractivity contribution < 1.29 is 19.4 Å². The van der Waals surface area contributed by atoms with E-state index in [-0.39, 0.29) is 11.5 Å². The molecule has 4 rings (SSSR count). The molecule has 0 bridgehead atoms. The van der Waals surface area contributed by atoms with Gasteiger partial charge in [0.1, 0.15) is 0 Å². The van der Waals surface area contributed by atoms with Crippen LogP contribution in [0.15, 0.2) is 47.4 Å². The Morgan fingerprint density at radius 3 is 2.04 bits per heavy atom. The van der Waals surface area contributed by atoms with E-state index in [1.807, 2.05) is 6.07 Å². The Kier molecular flexibility index (Phi) is 5.55. The maximum Gasteiger partial charge on any atom is 0.338 e. The SMILES string of the molecule is CCOC(=O)c1ccc2scnc2c1.O=C(O)c1ccc2scnc2c1. The Morgan fingerprint density at radius 1 is 0.962 bits per heavy atom. The predicted molar refractivity (Wildman–Crippen MR) is 102 cm³/mol.